The van der Waals surface area contributed by atoms with E-state index in [4.69, 9.17) is 0 Å². The molecule has 0 saturated heterocycles. The van der Waals surface area contributed by atoms with Crippen LogP contribution in [0.1, 0.15) is 41.9 Å². The van der Waals surface area contributed by atoms with Crippen molar-refractivity contribution in [2.24, 2.45) is 7.05 Å². The van der Waals surface area contributed by atoms with Crippen molar-refractivity contribution in [3.63, 3.8) is 0 Å². The number of hydrogen-bond acceptors (Lipinski definition) is 5. The highest BCUT2D eigenvalue weighted by Crippen LogP contribution is 2.39. The number of anilines is 1. The van der Waals surface area contributed by atoms with Gasteiger partial charge < -0.3 is 9.88 Å². The SMILES string of the molecule is CC(=O)c1ccccc1NC(=O)CSc1nnc(C2CC2)n1C. The third kappa shape index (κ3) is 3.61. The molecule has 7 heteroatoms. The van der Waals surface area contributed by atoms with E-state index < -0.39 is 0 Å². The molecule has 3 rings (SSSR count). The lowest BCUT2D eigenvalue weighted by molar-refractivity contribution is -0.113. The Hall–Kier alpha value is -2.15. The molecule has 23 heavy (non-hydrogen) atoms. The molecule has 2 aromatic rings. The van der Waals surface area contributed by atoms with Crippen molar-refractivity contribution in [2.45, 2.75) is 30.8 Å². The molecular formula is C16H18N4O2S. The zero-order valence-corrected chi connectivity index (χ0v) is 13.9. The maximum Gasteiger partial charge on any atom is 0.234 e. The number of Topliss-reactive ketones (excluding diaryl/α,β-unsaturated/α-hetero) is 1. The van der Waals surface area contributed by atoms with E-state index >= 15 is 0 Å². The van der Waals surface area contributed by atoms with E-state index in [0.717, 1.165) is 11.0 Å². The van der Waals surface area contributed by atoms with Crippen molar-refractivity contribution >= 4 is 29.1 Å². The monoisotopic (exact) mass is 330 g/mol. The number of hydrogen-bond donors (Lipinski definition) is 1. The first-order valence-electron chi connectivity index (χ1n) is 7.48. The number of amides is 1. The van der Waals surface area contributed by atoms with Gasteiger partial charge in [0.2, 0.25) is 5.91 Å². The number of para-hydroxylation sites is 1. The topological polar surface area (TPSA) is 76.9 Å². The van der Waals surface area contributed by atoms with E-state index in [2.05, 4.69) is 15.5 Å². The fourth-order valence-electron chi connectivity index (χ4n) is 2.36. The van der Waals surface area contributed by atoms with Crippen LogP contribution in [0.15, 0.2) is 29.4 Å². The lowest BCUT2D eigenvalue weighted by Gasteiger charge is -2.08. The number of nitrogens with one attached hydrogen (secondary N) is 1. The Balaban J connectivity index is 1.61. The average molecular weight is 330 g/mol. The zero-order chi connectivity index (χ0) is 16.4. The maximum absolute atomic E-state index is 12.1. The third-order valence-electron chi connectivity index (χ3n) is 3.72. The average Bonchev–Trinajstić information content (AvgIpc) is 3.29. The van der Waals surface area contributed by atoms with Gasteiger partial charge in [-0.05, 0) is 31.9 Å². The molecule has 1 fully saturated rings. The lowest BCUT2D eigenvalue weighted by atomic mass is 10.1. The van der Waals surface area contributed by atoms with E-state index in [1.54, 1.807) is 24.3 Å². The summed E-state index contributed by atoms with van der Waals surface area (Å²) < 4.78 is 1.96. The normalized spacial score (nSPS) is 13.8. The van der Waals surface area contributed by atoms with Crippen LogP contribution in [0.3, 0.4) is 0 Å². The Bertz CT molecular complexity index is 752. The molecular weight excluding hydrogens is 312 g/mol. The van der Waals surface area contributed by atoms with E-state index in [1.807, 2.05) is 11.6 Å². The minimum absolute atomic E-state index is 0.0732. The highest BCUT2D eigenvalue weighted by molar-refractivity contribution is 7.99. The molecule has 120 valence electrons. The Labute approximate surface area is 138 Å². The first kappa shape index (κ1) is 15.7. The molecule has 1 saturated carbocycles. The lowest BCUT2D eigenvalue weighted by Crippen LogP contribution is -2.16. The van der Waals surface area contributed by atoms with Crippen molar-refractivity contribution in [3.8, 4) is 0 Å². The molecule has 1 heterocycles. The summed E-state index contributed by atoms with van der Waals surface area (Å²) in [5.74, 6) is 1.51. The van der Waals surface area contributed by atoms with Gasteiger partial charge in [-0.15, -0.1) is 10.2 Å². The van der Waals surface area contributed by atoms with E-state index in [9.17, 15) is 9.59 Å². The molecule has 0 aliphatic heterocycles. The highest BCUT2D eigenvalue weighted by atomic mass is 32.2. The molecule has 0 atom stereocenters. The molecule has 1 aliphatic carbocycles. The summed E-state index contributed by atoms with van der Waals surface area (Å²) in [6.45, 7) is 1.48. The van der Waals surface area contributed by atoms with Crippen LogP contribution in [0.4, 0.5) is 5.69 Å². The van der Waals surface area contributed by atoms with Crippen LogP contribution in [-0.2, 0) is 11.8 Å². The van der Waals surface area contributed by atoms with Gasteiger partial charge in [0.1, 0.15) is 5.82 Å². The first-order chi connectivity index (χ1) is 11.1. The summed E-state index contributed by atoms with van der Waals surface area (Å²) in [6.07, 6.45) is 2.33. The number of carbonyl (C=O) groups excluding carboxylic acids is 2. The summed E-state index contributed by atoms with van der Waals surface area (Å²) in [4.78, 5) is 23.7. The number of thioether (sulfide) groups is 1. The zero-order valence-electron chi connectivity index (χ0n) is 13.1. The van der Waals surface area contributed by atoms with Gasteiger partial charge in [0, 0.05) is 18.5 Å². The molecule has 1 aliphatic rings. The molecule has 1 aromatic heterocycles. The number of rotatable bonds is 6. The number of nitrogens with zero attached hydrogens (tertiary/aromatic N) is 3. The predicted octanol–water partition coefficient (Wildman–Crippen LogP) is 2.63. The van der Waals surface area contributed by atoms with Gasteiger partial charge in [0.05, 0.1) is 11.4 Å². The van der Waals surface area contributed by atoms with Crippen molar-refractivity contribution in [1.82, 2.24) is 14.8 Å². The molecule has 0 unspecified atom stereocenters. The Morgan fingerprint density at radius 3 is 2.74 bits per heavy atom. The van der Waals surface area contributed by atoms with Crippen molar-refractivity contribution < 1.29 is 9.59 Å². The number of benzene rings is 1. The second-order valence-electron chi connectivity index (χ2n) is 5.61. The van der Waals surface area contributed by atoms with Gasteiger partial charge in [-0.25, -0.2) is 0 Å². The maximum atomic E-state index is 12.1. The van der Waals surface area contributed by atoms with Gasteiger partial charge in [-0.3, -0.25) is 9.59 Å². The van der Waals surface area contributed by atoms with Crippen LogP contribution in [-0.4, -0.2) is 32.2 Å². The molecule has 1 N–H and O–H groups in total. The second kappa shape index (κ2) is 6.54. The van der Waals surface area contributed by atoms with Crippen molar-refractivity contribution in [2.75, 3.05) is 11.1 Å². The number of carbonyl (C=O) groups is 2. The third-order valence-corrected chi connectivity index (χ3v) is 4.74. The fraction of sp³-hybridized carbons (Fsp3) is 0.375. The summed E-state index contributed by atoms with van der Waals surface area (Å²) in [6, 6.07) is 7.00. The predicted molar refractivity (Wildman–Crippen MR) is 88.8 cm³/mol. The Morgan fingerprint density at radius 1 is 1.30 bits per heavy atom. The Morgan fingerprint density at radius 2 is 2.04 bits per heavy atom. The number of ketones is 1. The van der Waals surface area contributed by atoms with E-state index in [0.29, 0.717) is 17.2 Å². The van der Waals surface area contributed by atoms with E-state index in [-0.39, 0.29) is 17.4 Å². The van der Waals surface area contributed by atoms with Gasteiger partial charge >= 0.3 is 0 Å². The van der Waals surface area contributed by atoms with Crippen molar-refractivity contribution in [3.05, 3.63) is 35.7 Å². The van der Waals surface area contributed by atoms with Gasteiger partial charge in [-0.2, -0.15) is 0 Å². The van der Waals surface area contributed by atoms with Gasteiger partial charge in [0.25, 0.3) is 0 Å². The van der Waals surface area contributed by atoms with Gasteiger partial charge in [-0.1, -0.05) is 23.9 Å². The largest absolute Gasteiger partial charge is 0.325 e. The van der Waals surface area contributed by atoms with Crippen LogP contribution in [0.25, 0.3) is 0 Å². The van der Waals surface area contributed by atoms with Crippen LogP contribution in [0, 0.1) is 0 Å². The summed E-state index contributed by atoms with van der Waals surface area (Å²) in [7, 11) is 1.93. The molecule has 0 radical (unpaired) electrons. The first-order valence-corrected chi connectivity index (χ1v) is 8.46. The van der Waals surface area contributed by atoms with Crippen molar-refractivity contribution in [1.29, 1.82) is 0 Å². The second-order valence-corrected chi connectivity index (χ2v) is 6.56. The van der Waals surface area contributed by atoms with Crippen LogP contribution >= 0.6 is 11.8 Å². The van der Waals surface area contributed by atoms with Crippen LogP contribution in [0.5, 0.6) is 0 Å². The summed E-state index contributed by atoms with van der Waals surface area (Å²) in [5.41, 5.74) is 1.06. The van der Waals surface area contributed by atoms with Gasteiger partial charge in [0.15, 0.2) is 10.9 Å². The van der Waals surface area contributed by atoms with Crippen LogP contribution < -0.4 is 5.32 Å². The van der Waals surface area contributed by atoms with Crippen LogP contribution in [0.2, 0.25) is 0 Å². The highest BCUT2D eigenvalue weighted by Gasteiger charge is 2.29. The molecule has 1 amide bonds. The summed E-state index contributed by atoms with van der Waals surface area (Å²) in [5, 5.41) is 11.9. The quantitative estimate of drug-likeness (QED) is 0.651. The molecule has 6 nitrogen and oxygen atoms in total. The Kier molecular flexibility index (Phi) is 4.47. The fourth-order valence-corrected chi connectivity index (χ4v) is 3.08. The smallest absolute Gasteiger partial charge is 0.234 e. The minimum Gasteiger partial charge on any atom is -0.325 e. The minimum atomic E-state index is -0.167. The standard InChI is InChI=1S/C16H18N4O2S/c1-10(21)12-5-3-4-6-13(12)17-14(22)9-23-16-19-18-15(20(16)2)11-7-8-11/h3-6,11H,7-9H2,1-2H3,(H,17,22). The summed E-state index contributed by atoms with van der Waals surface area (Å²) >= 11 is 1.35. The number of aromatic nitrogens is 3. The molecule has 0 spiro atoms. The molecule has 0 bridgehead atoms. The molecule has 1 aromatic carbocycles. The van der Waals surface area contributed by atoms with E-state index in [1.165, 1.54) is 31.5 Å².